The second-order valence-corrected chi connectivity index (χ2v) is 3.92. The summed E-state index contributed by atoms with van der Waals surface area (Å²) in [6, 6.07) is 4.53. The molecule has 1 aromatic carbocycles. The van der Waals surface area contributed by atoms with Gasteiger partial charge in [0.15, 0.2) is 11.9 Å². The van der Waals surface area contributed by atoms with Crippen LogP contribution in [0.4, 0.5) is 5.69 Å². The molecule has 1 atom stereocenters. The van der Waals surface area contributed by atoms with Gasteiger partial charge in [-0.3, -0.25) is 14.9 Å². The van der Waals surface area contributed by atoms with Crippen molar-refractivity contribution in [2.75, 3.05) is 0 Å². The highest BCUT2D eigenvalue weighted by molar-refractivity contribution is 6.64. The molecule has 0 saturated heterocycles. The Hall–Kier alpha value is -1.62. The van der Waals surface area contributed by atoms with E-state index < -0.39 is 16.3 Å². The fourth-order valence-corrected chi connectivity index (χ4v) is 1.51. The van der Waals surface area contributed by atoms with Gasteiger partial charge in [0.1, 0.15) is 0 Å². The van der Waals surface area contributed by atoms with Gasteiger partial charge in [0.05, 0.1) is 4.92 Å². The number of nitrogens with zero attached hydrogens (tertiary/aromatic N) is 1. The molecule has 0 amide bonds. The zero-order valence-corrected chi connectivity index (χ0v) is 10.2. The minimum Gasteiger partial charge on any atom is -0.474 e. The first-order valence-electron chi connectivity index (χ1n) is 5.06. The van der Waals surface area contributed by atoms with E-state index in [1.165, 1.54) is 12.1 Å². The van der Waals surface area contributed by atoms with Gasteiger partial charge < -0.3 is 4.74 Å². The van der Waals surface area contributed by atoms with Crippen molar-refractivity contribution < 1.29 is 14.5 Å². The van der Waals surface area contributed by atoms with Crippen LogP contribution in [-0.2, 0) is 4.79 Å². The highest BCUT2D eigenvalue weighted by Crippen LogP contribution is 2.29. The maximum Gasteiger partial charge on any atom is 0.311 e. The van der Waals surface area contributed by atoms with E-state index in [9.17, 15) is 14.9 Å². The standard InChI is InChI=1S/C11H12ClNO4/c1-3-9(11(12)14)17-10-5-4-7(2)6-8(10)13(15)16/h4-6,9H,3H2,1-2H3/t9-/m1/s1. The minimum atomic E-state index is -0.863. The van der Waals surface area contributed by atoms with E-state index in [2.05, 4.69) is 0 Å². The first-order chi connectivity index (χ1) is 7.95. The molecule has 0 bridgehead atoms. The molecule has 0 spiro atoms. The lowest BCUT2D eigenvalue weighted by Crippen LogP contribution is -2.22. The van der Waals surface area contributed by atoms with E-state index in [0.717, 1.165) is 5.56 Å². The number of hydrogen-bond donors (Lipinski definition) is 0. The average Bonchev–Trinajstić information content (AvgIpc) is 2.26. The molecule has 1 rings (SSSR count). The molecule has 0 radical (unpaired) electrons. The highest BCUT2D eigenvalue weighted by Gasteiger charge is 2.21. The van der Waals surface area contributed by atoms with Crippen molar-refractivity contribution in [2.24, 2.45) is 0 Å². The van der Waals surface area contributed by atoms with Crippen molar-refractivity contribution in [2.45, 2.75) is 26.4 Å². The van der Waals surface area contributed by atoms with Crippen molar-refractivity contribution in [3.63, 3.8) is 0 Å². The van der Waals surface area contributed by atoms with Crippen LogP contribution in [0, 0.1) is 17.0 Å². The molecule has 6 heteroatoms. The molecule has 92 valence electrons. The Bertz CT molecular complexity index is 447. The Morgan fingerprint density at radius 3 is 2.71 bits per heavy atom. The molecule has 0 aliphatic carbocycles. The average molecular weight is 258 g/mol. The van der Waals surface area contributed by atoms with Crippen LogP contribution in [0.15, 0.2) is 18.2 Å². The molecular formula is C11H12ClNO4. The predicted molar refractivity (Wildman–Crippen MR) is 63.4 cm³/mol. The number of aryl methyl sites for hydroxylation is 1. The minimum absolute atomic E-state index is 0.0569. The van der Waals surface area contributed by atoms with Crippen LogP contribution >= 0.6 is 11.6 Å². The number of carbonyl (C=O) groups is 1. The summed E-state index contributed by atoms with van der Waals surface area (Å²) in [5.41, 5.74) is 0.579. The second-order valence-electron chi connectivity index (χ2n) is 3.55. The van der Waals surface area contributed by atoms with Gasteiger partial charge in [0, 0.05) is 6.07 Å². The number of nitro benzene ring substituents is 1. The quantitative estimate of drug-likeness (QED) is 0.462. The number of hydrogen-bond acceptors (Lipinski definition) is 4. The maximum atomic E-state index is 11.0. The van der Waals surface area contributed by atoms with Crippen LogP contribution in [0.2, 0.25) is 0 Å². The Morgan fingerprint density at radius 2 is 2.24 bits per heavy atom. The van der Waals surface area contributed by atoms with Gasteiger partial charge in [-0.05, 0) is 36.6 Å². The Kier molecular flexibility index (Phi) is 4.45. The highest BCUT2D eigenvalue weighted by atomic mass is 35.5. The Labute approximate surface area is 103 Å². The summed E-state index contributed by atoms with van der Waals surface area (Å²) in [6.07, 6.45) is -0.508. The molecule has 1 aromatic rings. The first-order valence-corrected chi connectivity index (χ1v) is 5.44. The van der Waals surface area contributed by atoms with Crippen molar-refractivity contribution >= 4 is 22.5 Å². The van der Waals surface area contributed by atoms with E-state index in [0.29, 0.717) is 6.42 Å². The van der Waals surface area contributed by atoms with Gasteiger partial charge in [-0.2, -0.15) is 0 Å². The molecule has 0 aliphatic heterocycles. The number of halogens is 1. The van der Waals surface area contributed by atoms with Crippen LogP contribution in [0.25, 0.3) is 0 Å². The van der Waals surface area contributed by atoms with E-state index in [4.69, 9.17) is 16.3 Å². The molecule has 5 nitrogen and oxygen atoms in total. The molecule has 0 fully saturated rings. The van der Waals surface area contributed by atoms with Gasteiger partial charge in [-0.25, -0.2) is 0 Å². The summed E-state index contributed by atoms with van der Waals surface area (Å²) in [4.78, 5) is 21.3. The lowest BCUT2D eigenvalue weighted by Gasteiger charge is -2.13. The van der Waals surface area contributed by atoms with Crippen LogP contribution in [0.1, 0.15) is 18.9 Å². The molecule has 0 unspecified atom stereocenters. The smallest absolute Gasteiger partial charge is 0.311 e. The summed E-state index contributed by atoms with van der Waals surface area (Å²) in [6.45, 7) is 3.45. The molecule has 0 aromatic heterocycles. The molecule has 0 heterocycles. The fraction of sp³-hybridized carbons (Fsp3) is 0.364. The van der Waals surface area contributed by atoms with Crippen molar-refractivity contribution in [1.29, 1.82) is 0 Å². The summed E-state index contributed by atoms with van der Waals surface area (Å²) in [5, 5.41) is 10.2. The molecular weight excluding hydrogens is 246 g/mol. The van der Waals surface area contributed by atoms with E-state index in [1.54, 1.807) is 19.9 Å². The summed E-state index contributed by atoms with van der Waals surface area (Å²) in [5.74, 6) is 0.0569. The number of rotatable bonds is 5. The lowest BCUT2D eigenvalue weighted by molar-refractivity contribution is -0.386. The SMILES string of the molecule is CC[C@@H](Oc1ccc(C)cc1[N+](=O)[O-])C(=O)Cl. The van der Waals surface area contributed by atoms with Crippen molar-refractivity contribution in [3.8, 4) is 5.75 Å². The lowest BCUT2D eigenvalue weighted by atomic mass is 10.2. The summed E-state index contributed by atoms with van der Waals surface area (Å²) >= 11 is 5.32. The number of nitro groups is 1. The van der Waals surface area contributed by atoms with Crippen LogP contribution in [-0.4, -0.2) is 16.3 Å². The Morgan fingerprint density at radius 1 is 1.59 bits per heavy atom. The topological polar surface area (TPSA) is 69.4 Å². The second kappa shape index (κ2) is 5.63. The van der Waals surface area contributed by atoms with Gasteiger partial charge in [-0.1, -0.05) is 13.0 Å². The van der Waals surface area contributed by atoms with E-state index in [-0.39, 0.29) is 11.4 Å². The maximum absolute atomic E-state index is 11.0. The van der Waals surface area contributed by atoms with Gasteiger partial charge in [0.25, 0.3) is 5.24 Å². The van der Waals surface area contributed by atoms with Gasteiger partial charge in [-0.15, -0.1) is 0 Å². The summed E-state index contributed by atoms with van der Waals surface area (Å²) < 4.78 is 5.25. The van der Waals surface area contributed by atoms with Crippen LogP contribution < -0.4 is 4.74 Å². The van der Waals surface area contributed by atoms with Crippen molar-refractivity contribution in [1.82, 2.24) is 0 Å². The third kappa shape index (κ3) is 3.42. The van der Waals surface area contributed by atoms with Gasteiger partial charge in [0.2, 0.25) is 0 Å². The monoisotopic (exact) mass is 257 g/mol. The number of carbonyl (C=O) groups excluding carboxylic acids is 1. The third-order valence-corrected chi connectivity index (χ3v) is 2.45. The first kappa shape index (κ1) is 13.4. The third-order valence-electron chi connectivity index (χ3n) is 2.20. The predicted octanol–water partition coefficient (Wildman–Crippen LogP) is 2.83. The zero-order valence-electron chi connectivity index (χ0n) is 9.47. The van der Waals surface area contributed by atoms with Gasteiger partial charge >= 0.3 is 5.69 Å². The zero-order chi connectivity index (χ0) is 13.0. The largest absolute Gasteiger partial charge is 0.474 e. The number of benzene rings is 1. The molecule has 17 heavy (non-hydrogen) atoms. The molecule has 0 aliphatic rings. The fourth-order valence-electron chi connectivity index (χ4n) is 1.31. The normalized spacial score (nSPS) is 11.9. The molecule has 0 N–H and O–H groups in total. The Balaban J connectivity index is 3.05. The van der Waals surface area contributed by atoms with E-state index >= 15 is 0 Å². The van der Waals surface area contributed by atoms with E-state index in [1.807, 2.05) is 0 Å². The number of ether oxygens (including phenoxy) is 1. The summed E-state index contributed by atoms with van der Waals surface area (Å²) in [7, 11) is 0. The molecule has 0 saturated carbocycles. The van der Waals surface area contributed by atoms with Crippen molar-refractivity contribution in [3.05, 3.63) is 33.9 Å². The van der Waals surface area contributed by atoms with Crippen LogP contribution in [0.3, 0.4) is 0 Å². The van der Waals surface area contributed by atoms with Crippen LogP contribution in [0.5, 0.6) is 5.75 Å².